The number of hydrogen-bond donors (Lipinski definition) is 1. The fourth-order valence-corrected chi connectivity index (χ4v) is 2.46. The van der Waals surface area contributed by atoms with E-state index in [0.29, 0.717) is 6.04 Å². The molecule has 2 atom stereocenters. The molecule has 2 unspecified atom stereocenters. The van der Waals surface area contributed by atoms with E-state index in [1.54, 1.807) is 0 Å². The van der Waals surface area contributed by atoms with Gasteiger partial charge >= 0.3 is 0 Å². The summed E-state index contributed by atoms with van der Waals surface area (Å²) in [6.07, 6.45) is 4.58. The molecule has 2 rings (SSSR count). The van der Waals surface area contributed by atoms with Crippen LogP contribution in [-0.2, 0) is 6.54 Å². The fraction of sp³-hybridized carbons (Fsp3) is 0.571. The van der Waals surface area contributed by atoms with E-state index >= 15 is 0 Å². The van der Waals surface area contributed by atoms with Crippen LogP contribution in [0, 0.1) is 24.2 Å². The lowest BCUT2D eigenvalue weighted by molar-refractivity contribution is 0.310. The number of rotatable bonds is 3. The van der Waals surface area contributed by atoms with Crippen molar-refractivity contribution in [2.45, 2.75) is 45.2 Å². The maximum atomic E-state index is 9.10. The van der Waals surface area contributed by atoms with Crippen LogP contribution >= 0.6 is 0 Å². The molecule has 1 aromatic rings. The Kier molecular flexibility index (Phi) is 4.11. The number of nitriles is 1. The van der Waals surface area contributed by atoms with Crippen LogP contribution in [0.2, 0.25) is 0 Å². The zero-order valence-corrected chi connectivity index (χ0v) is 10.3. The van der Waals surface area contributed by atoms with Crippen LogP contribution in [0.4, 0.5) is 0 Å². The molecular formula is C14H19N3. The van der Waals surface area contributed by atoms with Crippen molar-refractivity contribution in [3.63, 3.8) is 0 Å². The second-order valence-electron chi connectivity index (χ2n) is 4.78. The maximum Gasteiger partial charge on any atom is 0.0672 e. The monoisotopic (exact) mass is 229 g/mol. The van der Waals surface area contributed by atoms with Crippen molar-refractivity contribution in [1.82, 2.24) is 10.3 Å². The van der Waals surface area contributed by atoms with Crippen molar-refractivity contribution in [2.24, 2.45) is 5.92 Å². The molecular weight excluding hydrogens is 210 g/mol. The molecule has 1 aromatic heterocycles. The first kappa shape index (κ1) is 12.1. The summed E-state index contributed by atoms with van der Waals surface area (Å²) in [7, 11) is 0. The summed E-state index contributed by atoms with van der Waals surface area (Å²) in [6.45, 7) is 2.77. The number of nitrogens with zero attached hydrogens (tertiary/aromatic N) is 2. The van der Waals surface area contributed by atoms with Gasteiger partial charge in [0.15, 0.2) is 0 Å². The van der Waals surface area contributed by atoms with Gasteiger partial charge in [-0.1, -0.05) is 18.9 Å². The summed E-state index contributed by atoms with van der Waals surface area (Å²) in [5.41, 5.74) is 2.11. The summed E-state index contributed by atoms with van der Waals surface area (Å²) < 4.78 is 0. The third-order valence-electron chi connectivity index (χ3n) is 3.42. The molecule has 1 fully saturated rings. The SMILES string of the molecule is Cc1cccc(CNC2CCCCC2C#N)n1. The number of pyridine rings is 1. The lowest BCUT2D eigenvalue weighted by Gasteiger charge is -2.27. The summed E-state index contributed by atoms with van der Waals surface area (Å²) in [4.78, 5) is 4.46. The van der Waals surface area contributed by atoms with Crippen molar-refractivity contribution >= 4 is 0 Å². The molecule has 3 heteroatoms. The molecule has 1 N–H and O–H groups in total. The molecule has 1 aliphatic carbocycles. The minimum atomic E-state index is 0.175. The van der Waals surface area contributed by atoms with E-state index < -0.39 is 0 Å². The summed E-state index contributed by atoms with van der Waals surface area (Å²) in [5.74, 6) is 0.175. The summed E-state index contributed by atoms with van der Waals surface area (Å²) in [5, 5.41) is 12.6. The first-order valence-electron chi connectivity index (χ1n) is 6.35. The first-order valence-corrected chi connectivity index (χ1v) is 6.35. The Balaban J connectivity index is 1.91. The average molecular weight is 229 g/mol. The molecule has 1 heterocycles. The molecule has 3 nitrogen and oxygen atoms in total. The predicted molar refractivity (Wildman–Crippen MR) is 67.2 cm³/mol. The highest BCUT2D eigenvalue weighted by Crippen LogP contribution is 2.23. The minimum Gasteiger partial charge on any atom is -0.307 e. The molecule has 0 amide bonds. The molecule has 0 aromatic carbocycles. The van der Waals surface area contributed by atoms with Gasteiger partial charge in [-0.15, -0.1) is 0 Å². The lowest BCUT2D eigenvalue weighted by atomic mass is 9.85. The Hall–Kier alpha value is -1.40. The van der Waals surface area contributed by atoms with Crippen molar-refractivity contribution in [3.05, 3.63) is 29.6 Å². The molecule has 0 aliphatic heterocycles. The van der Waals surface area contributed by atoms with E-state index in [4.69, 9.17) is 5.26 Å². The highest BCUT2D eigenvalue weighted by atomic mass is 14.9. The van der Waals surface area contributed by atoms with Crippen LogP contribution in [0.15, 0.2) is 18.2 Å². The molecule has 0 radical (unpaired) electrons. The summed E-state index contributed by atoms with van der Waals surface area (Å²) >= 11 is 0. The van der Waals surface area contributed by atoms with Gasteiger partial charge in [0.1, 0.15) is 0 Å². The fourth-order valence-electron chi connectivity index (χ4n) is 2.46. The van der Waals surface area contributed by atoms with Gasteiger partial charge in [-0.05, 0) is 31.9 Å². The van der Waals surface area contributed by atoms with Gasteiger partial charge in [-0.25, -0.2) is 0 Å². The van der Waals surface area contributed by atoms with E-state index in [0.717, 1.165) is 30.8 Å². The van der Waals surface area contributed by atoms with Crippen LogP contribution in [0.25, 0.3) is 0 Å². The van der Waals surface area contributed by atoms with Gasteiger partial charge in [-0.2, -0.15) is 5.26 Å². The molecule has 0 spiro atoms. The van der Waals surface area contributed by atoms with Crippen molar-refractivity contribution < 1.29 is 0 Å². The van der Waals surface area contributed by atoms with Crippen LogP contribution in [0.1, 0.15) is 37.1 Å². The molecule has 1 saturated carbocycles. The Morgan fingerprint density at radius 1 is 1.41 bits per heavy atom. The quantitative estimate of drug-likeness (QED) is 0.866. The number of hydrogen-bond acceptors (Lipinski definition) is 3. The van der Waals surface area contributed by atoms with Crippen LogP contribution < -0.4 is 5.32 Å². The van der Waals surface area contributed by atoms with E-state index in [9.17, 15) is 0 Å². The largest absolute Gasteiger partial charge is 0.307 e. The Bertz CT molecular complexity index is 408. The van der Waals surface area contributed by atoms with Crippen LogP contribution in [-0.4, -0.2) is 11.0 Å². The van der Waals surface area contributed by atoms with Crippen LogP contribution in [0.5, 0.6) is 0 Å². The zero-order valence-electron chi connectivity index (χ0n) is 10.3. The molecule has 0 bridgehead atoms. The standard InChI is InChI=1S/C14H19N3/c1-11-5-4-7-13(17-11)10-16-14-8-3-2-6-12(14)9-15/h4-5,7,12,14,16H,2-3,6,8,10H2,1H3. The second-order valence-corrected chi connectivity index (χ2v) is 4.78. The number of aryl methyl sites for hydroxylation is 1. The van der Waals surface area contributed by atoms with Gasteiger partial charge in [0.05, 0.1) is 17.7 Å². The molecule has 0 saturated heterocycles. The number of nitrogens with one attached hydrogen (secondary N) is 1. The van der Waals surface area contributed by atoms with Crippen LogP contribution in [0.3, 0.4) is 0 Å². The molecule has 1 aliphatic rings. The highest BCUT2D eigenvalue weighted by Gasteiger charge is 2.24. The third kappa shape index (κ3) is 3.28. The zero-order chi connectivity index (χ0) is 12.1. The maximum absolute atomic E-state index is 9.10. The number of aromatic nitrogens is 1. The van der Waals surface area contributed by atoms with Gasteiger partial charge in [-0.3, -0.25) is 4.98 Å². The van der Waals surface area contributed by atoms with Crippen molar-refractivity contribution in [3.8, 4) is 6.07 Å². The molecule has 17 heavy (non-hydrogen) atoms. The Labute approximate surface area is 103 Å². The van der Waals surface area contributed by atoms with Gasteiger partial charge in [0, 0.05) is 18.3 Å². The average Bonchev–Trinajstić information content (AvgIpc) is 2.37. The topological polar surface area (TPSA) is 48.7 Å². The minimum absolute atomic E-state index is 0.175. The third-order valence-corrected chi connectivity index (χ3v) is 3.42. The van der Waals surface area contributed by atoms with Gasteiger partial charge in [0.2, 0.25) is 0 Å². The Morgan fingerprint density at radius 2 is 2.24 bits per heavy atom. The van der Waals surface area contributed by atoms with Gasteiger partial charge in [0.25, 0.3) is 0 Å². The predicted octanol–water partition coefficient (Wildman–Crippen LogP) is 2.56. The van der Waals surface area contributed by atoms with E-state index in [1.165, 1.54) is 12.8 Å². The molecule has 90 valence electrons. The van der Waals surface area contributed by atoms with Crippen molar-refractivity contribution in [2.75, 3.05) is 0 Å². The second kappa shape index (κ2) is 5.79. The van der Waals surface area contributed by atoms with Crippen molar-refractivity contribution in [1.29, 1.82) is 5.26 Å². The highest BCUT2D eigenvalue weighted by molar-refractivity contribution is 5.10. The van der Waals surface area contributed by atoms with E-state index in [1.807, 2.05) is 25.1 Å². The van der Waals surface area contributed by atoms with E-state index in [-0.39, 0.29) is 5.92 Å². The smallest absolute Gasteiger partial charge is 0.0672 e. The van der Waals surface area contributed by atoms with E-state index in [2.05, 4.69) is 16.4 Å². The Morgan fingerprint density at radius 3 is 3.00 bits per heavy atom. The summed E-state index contributed by atoms with van der Waals surface area (Å²) in [6, 6.07) is 8.83. The van der Waals surface area contributed by atoms with Gasteiger partial charge < -0.3 is 5.32 Å². The first-order chi connectivity index (χ1) is 8.29. The normalized spacial score (nSPS) is 24.2. The lowest BCUT2D eigenvalue weighted by Crippen LogP contribution is -2.37.